The number of nitrogens with zero attached hydrogens (tertiary/aromatic N) is 3. The summed E-state index contributed by atoms with van der Waals surface area (Å²) in [5.41, 5.74) is 2.28. The molecule has 140 valence electrons. The van der Waals surface area contributed by atoms with Crippen LogP contribution in [0.1, 0.15) is 24.2 Å². The van der Waals surface area contributed by atoms with Crippen LogP contribution >= 0.6 is 7.82 Å². The predicted octanol–water partition coefficient (Wildman–Crippen LogP) is 0.392. The van der Waals surface area contributed by atoms with Gasteiger partial charge in [0.15, 0.2) is 0 Å². The van der Waals surface area contributed by atoms with Crippen LogP contribution in [0.3, 0.4) is 0 Å². The highest BCUT2D eigenvalue weighted by molar-refractivity contribution is 7.46. The van der Waals surface area contributed by atoms with Crippen LogP contribution in [-0.2, 0) is 33.7 Å². The number of ether oxygens (including phenoxy) is 1. The van der Waals surface area contributed by atoms with Crippen LogP contribution in [-0.4, -0.2) is 50.6 Å². The van der Waals surface area contributed by atoms with E-state index in [1.807, 2.05) is 11.7 Å². The molecule has 0 aliphatic heterocycles. The Bertz CT molecular complexity index is 674. The van der Waals surface area contributed by atoms with E-state index in [-0.39, 0.29) is 13.2 Å². The van der Waals surface area contributed by atoms with E-state index in [2.05, 4.69) is 20.2 Å². The quantitative estimate of drug-likeness (QED) is 0.481. The first-order chi connectivity index (χ1) is 11.8. The molecule has 3 N–H and O–H groups in total. The second-order valence-corrected chi connectivity index (χ2v) is 7.76. The summed E-state index contributed by atoms with van der Waals surface area (Å²) in [7, 11) is -2.58. The first kappa shape index (κ1) is 18.3. The van der Waals surface area contributed by atoms with Crippen LogP contribution in [0.5, 0.6) is 0 Å². The molecule has 0 bridgehead atoms. The smallest absolute Gasteiger partial charge is 0.449 e. The Hall–Kier alpha value is -1.48. The maximum Gasteiger partial charge on any atom is 0.469 e. The van der Waals surface area contributed by atoms with Crippen LogP contribution in [0.2, 0.25) is 0 Å². The molecule has 0 aromatic carbocycles. The van der Waals surface area contributed by atoms with E-state index in [0.717, 1.165) is 31.4 Å². The number of hydrogen-bond acceptors (Lipinski definition) is 6. The van der Waals surface area contributed by atoms with Crippen molar-refractivity contribution in [2.75, 3.05) is 19.8 Å². The van der Waals surface area contributed by atoms with Crippen LogP contribution in [0, 0.1) is 17.8 Å². The van der Waals surface area contributed by atoms with Gasteiger partial charge < -0.3 is 19.8 Å². The summed E-state index contributed by atoms with van der Waals surface area (Å²) in [4.78, 5) is 28.7. The number of alkyl carbamates (subject to hydrolysis) is 1. The van der Waals surface area contributed by atoms with Gasteiger partial charge in [0.2, 0.25) is 0 Å². The fourth-order valence-electron chi connectivity index (χ4n) is 3.70. The number of carbonyl (C=O) groups is 1. The molecular formula is C14H23N4O6P. The molecule has 10 nitrogen and oxygen atoms in total. The lowest BCUT2D eigenvalue weighted by Crippen LogP contribution is -2.28. The highest BCUT2D eigenvalue weighted by atomic mass is 31.2. The fraction of sp³-hybridized carbons (Fsp3) is 0.786. The topological polar surface area (TPSA) is 136 Å². The SMILES string of the molecule is Cn1nnc2c1CC[C@@H]1[C@H](CC2)[C@@H]1COC(=O)NCCOP(=O)(O)O. The first-order valence-electron chi connectivity index (χ1n) is 8.33. The average molecular weight is 374 g/mol. The molecule has 1 saturated carbocycles. The highest BCUT2D eigenvalue weighted by Gasteiger charge is 2.50. The molecular weight excluding hydrogens is 351 g/mol. The van der Waals surface area contributed by atoms with Gasteiger partial charge in [-0.25, -0.2) is 9.36 Å². The summed E-state index contributed by atoms with van der Waals surface area (Å²) in [5, 5.41) is 10.7. The minimum atomic E-state index is -4.50. The summed E-state index contributed by atoms with van der Waals surface area (Å²) in [5.74, 6) is 1.49. The molecule has 1 amide bonds. The van der Waals surface area contributed by atoms with Crippen molar-refractivity contribution in [2.45, 2.75) is 25.7 Å². The molecule has 11 heteroatoms. The normalized spacial score (nSPS) is 25.3. The molecule has 1 aromatic rings. The third-order valence-electron chi connectivity index (χ3n) is 5.00. The lowest BCUT2D eigenvalue weighted by molar-refractivity contribution is 0.133. The number of aryl methyl sites for hydroxylation is 2. The third-order valence-corrected chi connectivity index (χ3v) is 5.52. The fourth-order valence-corrected chi connectivity index (χ4v) is 4.02. The largest absolute Gasteiger partial charge is 0.469 e. The van der Waals surface area contributed by atoms with Crippen LogP contribution < -0.4 is 5.32 Å². The predicted molar refractivity (Wildman–Crippen MR) is 85.5 cm³/mol. The summed E-state index contributed by atoms with van der Waals surface area (Å²) < 4.78 is 21.8. The third kappa shape index (κ3) is 4.78. The van der Waals surface area contributed by atoms with Crippen molar-refractivity contribution >= 4 is 13.9 Å². The molecule has 0 spiro atoms. The minimum absolute atomic E-state index is 0.0184. The van der Waals surface area contributed by atoms with Gasteiger partial charge in [-0.1, -0.05) is 5.21 Å². The second kappa shape index (κ2) is 7.41. The van der Waals surface area contributed by atoms with Gasteiger partial charge in [0, 0.05) is 13.6 Å². The molecule has 2 aliphatic carbocycles. The van der Waals surface area contributed by atoms with Gasteiger partial charge in [0.05, 0.1) is 24.6 Å². The van der Waals surface area contributed by atoms with E-state index in [9.17, 15) is 9.36 Å². The molecule has 0 radical (unpaired) electrons. The molecule has 3 rings (SSSR count). The zero-order valence-corrected chi connectivity index (χ0v) is 14.9. The Balaban J connectivity index is 1.37. The van der Waals surface area contributed by atoms with Crippen LogP contribution in [0.25, 0.3) is 0 Å². The van der Waals surface area contributed by atoms with Gasteiger partial charge >= 0.3 is 13.9 Å². The second-order valence-electron chi connectivity index (χ2n) is 6.52. The van der Waals surface area contributed by atoms with Gasteiger partial charge in [-0.05, 0) is 43.4 Å². The Morgan fingerprint density at radius 2 is 2.08 bits per heavy atom. The van der Waals surface area contributed by atoms with Gasteiger partial charge in [0.25, 0.3) is 0 Å². The Labute approximate surface area is 145 Å². The monoisotopic (exact) mass is 374 g/mol. The number of aromatic nitrogens is 3. The number of phosphoric ester groups is 1. The van der Waals surface area contributed by atoms with Crippen LogP contribution in [0.4, 0.5) is 4.79 Å². The Morgan fingerprint density at radius 3 is 2.80 bits per heavy atom. The highest BCUT2D eigenvalue weighted by Crippen LogP contribution is 2.52. The zero-order valence-electron chi connectivity index (χ0n) is 14.0. The van der Waals surface area contributed by atoms with Crippen molar-refractivity contribution in [1.29, 1.82) is 0 Å². The number of hydrogen-bond donors (Lipinski definition) is 3. The van der Waals surface area contributed by atoms with E-state index >= 15 is 0 Å². The zero-order chi connectivity index (χ0) is 18.0. The van der Waals surface area contributed by atoms with Gasteiger partial charge in [-0.2, -0.15) is 0 Å². The van der Waals surface area contributed by atoms with Gasteiger partial charge in [0.1, 0.15) is 0 Å². The molecule has 2 aliphatic rings. The summed E-state index contributed by atoms with van der Waals surface area (Å²) in [6, 6.07) is 0. The van der Waals surface area contributed by atoms with Crippen LogP contribution in [0.15, 0.2) is 0 Å². The van der Waals surface area contributed by atoms with Crippen molar-refractivity contribution in [3.05, 3.63) is 11.4 Å². The van der Waals surface area contributed by atoms with Gasteiger partial charge in [-0.15, -0.1) is 5.10 Å². The molecule has 25 heavy (non-hydrogen) atoms. The van der Waals surface area contributed by atoms with Gasteiger partial charge in [-0.3, -0.25) is 9.21 Å². The number of fused-ring (bicyclic) bond motifs is 2. The van der Waals surface area contributed by atoms with Crippen molar-refractivity contribution in [1.82, 2.24) is 20.3 Å². The molecule has 1 aromatic heterocycles. The van der Waals surface area contributed by atoms with E-state index in [1.54, 1.807) is 0 Å². The van der Waals surface area contributed by atoms with Crippen molar-refractivity contribution in [3.8, 4) is 0 Å². The maximum absolute atomic E-state index is 11.6. The Kier molecular flexibility index (Phi) is 5.43. The number of amides is 1. The number of nitrogens with one attached hydrogen (secondary N) is 1. The van der Waals surface area contributed by atoms with E-state index in [0.29, 0.717) is 24.4 Å². The van der Waals surface area contributed by atoms with E-state index in [1.165, 1.54) is 5.69 Å². The Morgan fingerprint density at radius 1 is 1.36 bits per heavy atom. The van der Waals surface area contributed by atoms with E-state index < -0.39 is 13.9 Å². The van der Waals surface area contributed by atoms with Crippen molar-refractivity contribution < 1.29 is 28.4 Å². The van der Waals surface area contributed by atoms with Crippen molar-refractivity contribution in [3.63, 3.8) is 0 Å². The standard InChI is InChI=1S/C14H23N4O6P/c1-18-13-5-3-10-9(2-4-12(13)16-17-18)11(10)8-23-14(19)15-6-7-24-25(20,21)22/h9-11H,2-8H2,1H3,(H,15,19)(H2,20,21,22)/t9-,10+,11-/m0/s1. The number of rotatable bonds is 6. The maximum atomic E-state index is 11.6. The lowest BCUT2D eigenvalue weighted by Gasteiger charge is -2.08. The summed E-state index contributed by atoms with van der Waals surface area (Å²) >= 11 is 0. The average Bonchev–Trinajstić information content (AvgIpc) is 3.05. The molecule has 3 atom stereocenters. The molecule has 1 heterocycles. The number of phosphoric acid groups is 1. The minimum Gasteiger partial charge on any atom is -0.449 e. The van der Waals surface area contributed by atoms with Crippen molar-refractivity contribution in [2.24, 2.45) is 24.8 Å². The first-order valence-corrected chi connectivity index (χ1v) is 9.86. The van der Waals surface area contributed by atoms with E-state index in [4.69, 9.17) is 14.5 Å². The summed E-state index contributed by atoms with van der Waals surface area (Å²) in [6.45, 7) is 0.0747. The molecule has 1 fully saturated rings. The molecule has 0 saturated heterocycles. The lowest BCUT2D eigenvalue weighted by atomic mass is 10.0. The molecule has 0 unspecified atom stereocenters. The summed E-state index contributed by atoms with van der Waals surface area (Å²) in [6.07, 6.45) is 3.34. The number of carbonyl (C=O) groups excluding carboxylic acids is 1.